The molecule has 0 spiro atoms. The molecule has 1 aromatic rings. The average molecular weight is 279 g/mol. The van der Waals surface area contributed by atoms with Gasteiger partial charge in [0.25, 0.3) is 5.69 Å². The molecule has 0 bridgehead atoms. The monoisotopic (exact) mass is 279 g/mol. The van der Waals surface area contributed by atoms with E-state index in [-0.39, 0.29) is 11.8 Å². The number of rotatable bonds is 4. The van der Waals surface area contributed by atoms with Crippen LogP contribution in [0.25, 0.3) is 0 Å². The topological polar surface area (TPSA) is 72.6 Å². The maximum atomic E-state index is 10.8. The van der Waals surface area contributed by atoms with E-state index in [4.69, 9.17) is 4.74 Å². The van der Waals surface area contributed by atoms with E-state index in [1.165, 1.54) is 25.0 Å². The van der Waals surface area contributed by atoms with Crippen LogP contribution < -0.4 is 4.74 Å². The molecule has 1 aliphatic rings. The minimum Gasteiger partial charge on any atom is -0.490 e. The Morgan fingerprint density at radius 2 is 1.95 bits per heavy atom. The summed E-state index contributed by atoms with van der Waals surface area (Å²) in [5.41, 5.74) is 0.470. The van der Waals surface area contributed by atoms with Gasteiger partial charge >= 0.3 is 0 Å². The van der Waals surface area contributed by atoms with E-state index in [0.717, 1.165) is 25.7 Å². The molecule has 0 amide bonds. The van der Waals surface area contributed by atoms with E-state index in [2.05, 4.69) is 0 Å². The third-order valence-corrected chi connectivity index (χ3v) is 3.75. The molecule has 1 aromatic carbocycles. The molecule has 1 atom stereocenters. The number of benzene rings is 1. The molecule has 1 fully saturated rings. The van der Waals surface area contributed by atoms with Gasteiger partial charge in [-0.05, 0) is 38.7 Å². The highest BCUT2D eigenvalue weighted by Gasteiger charge is 2.19. The normalized spacial score (nSPS) is 18.3. The zero-order valence-electron chi connectivity index (χ0n) is 11.7. The summed E-state index contributed by atoms with van der Waals surface area (Å²) in [6.07, 6.45) is 6.18. The smallest absolute Gasteiger partial charge is 0.270 e. The predicted octanol–water partition coefficient (Wildman–Crippen LogP) is 3.75. The highest BCUT2D eigenvalue weighted by molar-refractivity contribution is 5.44. The summed E-state index contributed by atoms with van der Waals surface area (Å²) in [7, 11) is 0. The van der Waals surface area contributed by atoms with Crippen LogP contribution in [0.4, 0.5) is 5.69 Å². The maximum Gasteiger partial charge on any atom is 0.270 e. The van der Waals surface area contributed by atoms with Gasteiger partial charge in [0.2, 0.25) is 0 Å². The second kappa shape index (κ2) is 6.70. The molecule has 0 radical (unpaired) electrons. The zero-order valence-corrected chi connectivity index (χ0v) is 11.7. The standard InChI is InChI=1S/C15H21NO4/c1-11(17)14-10-12(16(18)19)8-9-15(14)20-13-6-4-2-3-5-7-13/h8-11,13,17H,2-7H2,1H3. The first-order valence-corrected chi connectivity index (χ1v) is 7.21. The largest absolute Gasteiger partial charge is 0.490 e. The fourth-order valence-electron chi connectivity index (χ4n) is 2.62. The number of aliphatic hydroxyl groups is 1. The Morgan fingerprint density at radius 1 is 1.30 bits per heavy atom. The Kier molecular flexibility index (Phi) is 4.95. The van der Waals surface area contributed by atoms with Crippen LogP contribution in [0.1, 0.15) is 57.1 Å². The van der Waals surface area contributed by atoms with Gasteiger partial charge in [-0.1, -0.05) is 12.8 Å². The van der Waals surface area contributed by atoms with Crippen LogP contribution in [0, 0.1) is 10.1 Å². The summed E-state index contributed by atoms with van der Waals surface area (Å²) in [5.74, 6) is 0.567. The molecular formula is C15H21NO4. The van der Waals surface area contributed by atoms with E-state index >= 15 is 0 Å². The summed E-state index contributed by atoms with van der Waals surface area (Å²) in [5, 5.41) is 20.6. The predicted molar refractivity (Wildman–Crippen MR) is 75.8 cm³/mol. The fourth-order valence-corrected chi connectivity index (χ4v) is 2.62. The molecule has 20 heavy (non-hydrogen) atoms. The van der Waals surface area contributed by atoms with Gasteiger partial charge in [0.15, 0.2) is 0 Å². The Hall–Kier alpha value is -1.62. The number of ether oxygens (including phenoxy) is 1. The molecule has 1 aliphatic carbocycles. The first-order chi connectivity index (χ1) is 9.58. The van der Waals surface area contributed by atoms with Gasteiger partial charge in [-0.15, -0.1) is 0 Å². The van der Waals surface area contributed by atoms with Crippen LogP contribution in [-0.2, 0) is 0 Å². The van der Waals surface area contributed by atoms with Crippen molar-refractivity contribution >= 4 is 5.69 Å². The first-order valence-electron chi connectivity index (χ1n) is 7.21. The van der Waals surface area contributed by atoms with Gasteiger partial charge in [0, 0.05) is 17.7 Å². The van der Waals surface area contributed by atoms with Crippen molar-refractivity contribution in [2.75, 3.05) is 0 Å². The lowest BCUT2D eigenvalue weighted by Crippen LogP contribution is -2.16. The summed E-state index contributed by atoms with van der Waals surface area (Å²) in [4.78, 5) is 10.3. The molecule has 2 rings (SSSR count). The summed E-state index contributed by atoms with van der Waals surface area (Å²) in [6.45, 7) is 1.60. The van der Waals surface area contributed by atoms with Crippen LogP contribution in [0.15, 0.2) is 18.2 Å². The van der Waals surface area contributed by atoms with Crippen molar-refractivity contribution in [1.82, 2.24) is 0 Å². The number of nitro groups is 1. The zero-order chi connectivity index (χ0) is 14.5. The molecule has 0 aromatic heterocycles. The summed E-state index contributed by atoms with van der Waals surface area (Å²) < 4.78 is 5.98. The molecule has 1 N–H and O–H groups in total. The van der Waals surface area contributed by atoms with E-state index in [1.54, 1.807) is 13.0 Å². The quantitative estimate of drug-likeness (QED) is 0.517. The van der Waals surface area contributed by atoms with Crippen LogP contribution in [0.3, 0.4) is 0 Å². The average Bonchev–Trinajstić information content (AvgIpc) is 2.67. The summed E-state index contributed by atoms with van der Waals surface area (Å²) >= 11 is 0. The van der Waals surface area contributed by atoms with Gasteiger partial charge < -0.3 is 9.84 Å². The van der Waals surface area contributed by atoms with Crippen molar-refractivity contribution in [2.24, 2.45) is 0 Å². The Balaban J connectivity index is 2.19. The van der Waals surface area contributed by atoms with Crippen molar-refractivity contribution in [2.45, 2.75) is 57.7 Å². The second-order valence-electron chi connectivity index (χ2n) is 5.39. The third kappa shape index (κ3) is 3.70. The molecule has 5 heteroatoms. The van der Waals surface area contributed by atoms with Crippen molar-refractivity contribution in [3.05, 3.63) is 33.9 Å². The van der Waals surface area contributed by atoms with Crippen molar-refractivity contribution in [3.63, 3.8) is 0 Å². The third-order valence-electron chi connectivity index (χ3n) is 3.75. The van der Waals surface area contributed by atoms with Crippen molar-refractivity contribution in [1.29, 1.82) is 0 Å². The van der Waals surface area contributed by atoms with Gasteiger partial charge in [-0.2, -0.15) is 0 Å². The lowest BCUT2D eigenvalue weighted by Gasteiger charge is -2.20. The Bertz CT molecular complexity index is 465. The van der Waals surface area contributed by atoms with Crippen molar-refractivity contribution < 1.29 is 14.8 Å². The van der Waals surface area contributed by atoms with Crippen LogP contribution in [0.5, 0.6) is 5.75 Å². The van der Waals surface area contributed by atoms with Gasteiger partial charge in [0.05, 0.1) is 17.1 Å². The van der Waals surface area contributed by atoms with Crippen LogP contribution in [0.2, 0.25) is 0 Å². The Morgan fingerprint density at radius 3 is 2.50 bits per heavy atom. The maximum absolute atomic E-state index is 10.8. The molecule has 110 valence electrons. The van der Waals surface area contributed by atoms with E-state index < -0.39 is 11.0 Å². The second-order valence-corrected chi connectivity index (χ2v) is 5.39. The van der Waals surface area contributed by atoms with E-state index in [0.29, 0.717) is 11.3 Å². The SMILES string of the molecule is CC(O)c1cc([N+](=O)[O-])ccc1OC1CCCCCC1. The number of hydrogen-bond acceptors (Lipinski definition) is 4. The first kappa shape index (κ1) is 14.8. The van der Waals surface area contributed by atoms with Crippen LogP contribution >= 0.6 is 0 Å². The number of aliphatic hydroxyl groups excluding tert-OH is 1. The minimum atomic E-state index is -0.782. The van der Waals surface area contributed by atoms with Crippen LogP contribution in [-0.4, -0.2) is 16.1 Å². The molecule has 5 nitrogen and oxygen atoms in total. The van der Waals surface area contributed by atoms with Gasteiger partial charge in [-0.25, -0.2) is 0 Å². The van der Waals surface area contributed by atoms with Gasteiger partial charge in [0.1, 0.15) is 5.75 Å². The van der Waals surface area contributed by atoms with Gasteiger partial charge in [-0.3, -0.25) is 10.1 Å². The number of nitrogens with zero attached hydrogens (tertiary/aromatic N) is 1. The number of non-ortho nitro benzene ring substituents is 1. The van der Waals surface area contributed by atoms with E-state index in [1.807, 2.05) is 0 Å². The summed E-state index contributed by atoms with van der Waals surface area (Å²) in [6, 6.07) is 4.43. The molecule has 0 aliphatic heterocycles. The molecule has 0 saturated heterocycles. The number of hydrogen-bond donors (Lipinski definition) is 1. The highest BCUT2D eigenvalue weighted by atomic mass is 16.6. The molecular weight excluding hydrogens is 258 g/mol. The number of nitro benzene ring substituents is 1. The van der Waals surface area contributed by atoms with Crippen molar-refractivity contribution in [3.8, 4) is 5.75 Å². The molecule has 1 saturated carbocycles. The lowest BCUT2D eigenvalue weighted by molar-refractivity contribution is -0.385. The van der Waals surface area contributed by atoms with E-state index in [9.17, 15) is 15.2 Å². The lowest BCUT2D eigenvalue weighted by atomic mass is 10.1. The molecule has 1 unspecified atom stereocenters. The molecule has 0 heterocycles. The minimum absolute atomic E-state index is 0.0193. The highest BCUT2D eigenvalue weighted by Crippen LogP contribution is 2.32. The fraction of sp³-hybridized carbons (Fsp3) is 0.600. The Labute approximate surface area is 118 Å².